The molecule has 1 aliphatic heterocycles. The average Bonchev–Trinajstić information content (AvgIpc) is 2.64. The summed E-state index contributed by atoms with van der Waals surface area (Å²) in [5.74, 6) is 0.120. The maximum atomic E-state index is 13.3. The molecule has 0 unspecified atom stereocenters. The molecule has 3 nitrogen and oxygen atoms in total. The van der Waals surface area contributed by atoms with Crippen LogP contribution in [-0.4, -0.2) is 30.7 Å². The first-order valence-electron chi connectivity index (χ1n) is 9.16. The van der Waals surface area contributed by atoms with E-state index >= 15 is 0 Å². The Morgan fingerprint density at radius 2 is 1.73 bits per heavy atom. The third kappa shape index (κ3) is 4.13. The molecule has 26 heavy (non-hydrogen) atoms. The van der Waals surface area contributed by atoms with E-state index in [-0.39, 0.29) is 17.3 Å². The molecule has 0 aliphatic carbocycles. The largest absolute Gasteiger partial charge is 0.243 e. The highest BCUT2D eigenvalue weighted by Crippen LogP contribution is 2.34. The molecule has 0 radical (unpaired) electrons. The number of benzene rings is 2. The summed E-state index contributed by atoms with van der Waals surface area (Å²) in [6.45, 7) is 4.51. The molecule has 5 heteroatoms. The zero-order valence-corrected chi connectivity index (χ0v) is 16.9. The van der Waals surface area contributed by atoms with Gasteiger partial charge in [0.15, 0.2) is 0 Å². The number of hydrogen-bond donors (Lipinski definition) is 0. The van der Waals surface area contributed by atoms with Crippen LogP contribution in [0.4, 0.5) is 0 Å². The Kier molecular flexibility index (Phi) is 6.06. The molecule has 1 heterocycles. The number of piperidine rings is 1. The molecule has 1 aliphatic rings. The van der Waals surface area contributed by atoms with Gasteiger partial charge >= 0.3 is 0 Å². The Balaban J connectivity index is 1.86. The van der Waals surface area contributed by atoms with Crippen LogP contribution in [0.1, 0.15) is 30.9 Å². The fourth-order valence-electron chi connectivity index (χ4n) is 3.69. The van der Waals surface area contributed by atoms with Gasteiger partial charge in [-0.1, -0.05) is 55.0 Å². The van der Waals surface area contributed by atoms with Crippen LogP contribution in [0.25, 0.3) is 0 Å². The van der Waals surface area contributed by atoms with Gasteiger partial charge in [0.1, 0.15) is 0 Å². The van der Waals surface area contributed by atoms with E-state index in [1.165, 1.54) is 5.56 Å². The van der Waals surface area contributed by atoms with Crippen molar-refractivity contribution in [3.8, 4) is 0 Å². The highest BCUT2D eigenvalue weighted by atomic mass is 35.5. The van der Waals surface area contributed by atoms with Gasteiger partial charge in [-0.25, -0.2) is 8.42 Å². The second-order valence-corrected chi connectivity index (χ2v) is 9.64. The van der Waals surface area contributed by atoms with E-state index in [9.17, 15) is 8.42 Å². The summed E-state index contributed by atoms with van der Waals surface area (Å²) in [4.78, 5) is 0.369. The van der Waals surface area contributed by atoms with E-state index in [2.05, 4.69) is 19.1 Å². The molecular weight excluding hydrogens is 366 g/mol. The lowest BCUT2D eigenvalue weighted by Crippen LogP contribution is -2.51. The van der Waals surface area contributed by atoms with Crippen LogP contribution in [0.5, 0.6) is 0 Å². The van der Waals surface area contributed by atoms with Crippen LogP contribution in [0.15, 0.2) is 59.5 Å². The predicted molar refractivity (Wildman–Crippen MR) is 107 cm³/mol. The van der Waals surface area contributed by atoms with E-state index in [4.69, 9.17) is 11.6 Å². The van der Waals surface area contributed by atoms with Crippen LogP contribution in [-0.2, 0) is 16.4 Å². The molecule has 3 rings (SSSR count). The number of alkyl halides is 1. The van der Waals surface area contributed by atoms with Gasteiger partial charge in [0, 0.05) is 18.0 Å². The molecule has 1 saturated heterocycles. The van der Waals surface area contributed by atoms with Crippen molar-refractivity contribution in [3.05, 3.63) is 65.7 Å². The van der Waals surface area contributed by atoms with E-state index in [0.717, 1.165) is 18.4 Å². The Morgan fingerprint density at radius 3 is 2.38 bits per heavy atom. The molecule has 0 amide bonds. The van der Waals surface area contributed by atoms with Crippen molar-refractivity contribution in [1.82, 2.24) is 4.31 Å². The quantitative estimate of drug-likeness (QED) is 0.696. The first-order chi connectivity index (χ1) is 12.4. The van der Waals surface area contributed by atoms with Gasteiger partial charge in [0.2, 0.25) is 10.0 Å². The van der Waals surface area contributed by atoms with Gasteiger partial charge in [0.25, 0.3) is 0 Å². The summed E-state index contributed by atoms with van der Waals surface area (Å²) in [5.41, 5.74) is 2.28. The number of halogens is 1. The molecule has 1 fully saturated rings. The highest BCUT2D eigenvalue weighted by Gasteiger charge is 2.40. The number of rotatable bonds is 5. The predicted octanol–water partition coefficient (Wildman–Crippen LogP) is 4.63. The normalized spacial score (nSPS) is 24.5. The molecule has 140 valence electrons. The lowest BCUT2D eigenvalue weighted by molar-refractivity contribution is 0.181. The van der Waals surface area contributed by atoms with Crippen molar-refractivity contribution in [1.29, 1.82) is 0 Å². The van der Waals surface area contributed by atoms with Gasteiger partial charge in [0.05, 0.1) is 4.90 Å². The maximum Gasteiger partial charge on any atom is 0.243 e. The van der Waals surface area contributed by atoms with Crippen molar-refractivity contribution in [2.45, 2.75) is 49.4 Å². The molecule has 0 aromatic heterocycles. The summed E-state index contributed by atoms with van der Waals surface area (Å²) in [7, 11) is -3.51. The Labute approximate surface area is 162 Å². The molecule has 0 saturated carbocycles. The highest BCUT2D eigenvalue weighted by molar-refractivity contribution is 7.89. The van der Waals surface area contributed by atoms with E-state index in [1.54, 1.807) is 16.4 Å². The second kappa shape index (κ2) is 8.12. The molecular formula is C21H26ClNO2S. The van der Waals surface area contributed by atoms with Gasteiger partial charge in [-0.3, -0.25) is 0 Å². The minimum atomic E-state index is -3.51. The minimum Gasteiger partial charge on any atom is -0.207 e. The van der Waals surface area contributed by atoms with Crippen LogP contribution in [0.3, 0.4) is 0 Å². The fraction of sp³-hybridized carbons (Fsp3) is 0.429. The van der Waals surface area contributed by atoms with Crippen molar-refractivity contribution < 1.29 is 8.42 Å². The third-order valence-electron chi connectivity index (χ3n) is 5.37. The van der Waals surface area contributed by atoms with Crippen molar-refractivity contribution in [3.63, 3.8) is 0 Å². The summed E-state index contributed by atoms with van der Waals surface area (Å²) in [6.07, 6.45) is 2.31. The maximum absolute atomic E-state index is 13.3. The standard InChI is InChI=1S/C21H26ClNO2S/c1-16-8-11-19(12-9-16)26(24,25)23-15-14-20(22)17(2)21(23)13-10-18-6-4-3-5-7-18/h3-9,11-12,17,20-21H,10,13-15H2,1-2H3/t17-,20-,21+/m1/s1. The summed E-state index contributed by atoms with van der Waals surface area (Å²) in [5, 5.41) is 0.0141. The Hall–Kier alpha value is -1.36. The second-order valence-electron chi connectivity index (χ2n) is 7.18. The van der Waals surface area contributed by atoms with Crippen LogP contribution >= 0.6 is 11.6 Å². The van der Waals surface area contributed by atoms with E-state index in [1.807, 2.05) is 37.3 Å². The lowest BCUT2D eigenvalue weighted by atomic mass is 9.88. The monoisotopic (exact) mass is 391 g/mol. The fourth-order valence-corrected chi connectivity index (χ4v) is 5.71. The minimum absolute atomic E-state index is 0.0141. The smallest absolute Gasteiger partial charge is 0.207 e. The summed E-state index contributed by atoms with van der Waals surface area (Å²) in [6, 6.07) is 17.2. The number of aryl methyl sites for hydroxylation is 2. The molecule has 0 spiro atoms. The molecule has 2 aromatic rings. The van der Waals surface area contributed by atoms with Crippen LogP contribution < -0.4 is 0 Å². The first-order valence-corrected chi connectivity index (χ1v) is 11.0. The Bertz CT molecular complexity index is 821. The topological polar surface area (TPSA) is 37.4 Å². The van der Waals surface area contributed by atoms with E-state index < -0.39 is 10.0 Å². The number of nitrogens with zero attached hydrogens (tertiary/aromatic N) is 1. The van der Waals surface area contributed by atoms with Gasteiger partial charge < -0.3 is 0 Å². The summed E-state index contributed by atoms with van der Waals surface area (Å²) < 4.78 is 28.2. The lowest BCUT2D eigenvalue weighted by Gasteiger charge is -2.41. The number of sulfonamides is 1. The third-order valence-corrected chi connectivity index (χ3v) is 7.93. The molecule has 0 N–H and O–H groups in total. The Morgan fingerprint density at radius 1 is 1.08 bits per heavy atom. The van der Waals surface area contributed by atoms with Crippen molar-refractivity contribution in [2.75, 3.05) is 6.54 Å². The average molecular weight is 392 g/mol. The number of hydrogen-bond acceptors (Lipinski definition) is 2. The zero-order chi connectivity index (χ0) is 18.7. The van der Waals surface area contributed by atoms with Crippen LogP contribution in [0, 0.1) is 12.8 Å². The zero-order valence-electron chi connectivity index (χ0n) is 15.3. The van der Waals surface area contributed by atoms with Crippen molar-refractivity contribution in [2.24, 2.45) is 5.92 Å². The van der Waals surface area contributed by atoms with E-state index in [0.29, 0.717) is 17.9 Å². The molecule has 0 bridgehead atoms. The molecule has 3 atom stereocenters. The van der Waals surface area contributed by atoms with Gasteiger partial charge in [-0.2, -0.15) is 4.31 Å². The summed E-state index contributed by atoms with van der Waals surface area (Å²) >= 11 is 6.50. The van der Waals surface area contributed by atoms with Gasteiger partial charge in [-0.15, -0.1) is 11.6 Å². The SMILES string of the molecule is Cc1ccc(S(=O)(=O)N2CC[C@@H](Cl)[C@@H](C)[C@@H]2CCc2ccccc2)cc1. The first kappa shape index (κ1) is 19.4. The van der Waals surface area contributed by atoms with Crippen molar-refractivity contribution >= 4 is 21.6 Å². The van der Waals surface area contributed by atoms with Gasteiger partial charge in [-0.05, 0) is 49.8 Å². The molecule has 2 aromatic carbocycles. The van der Waals surface area contributed by atoms with Crippen LogP contribution in [0.2, 0.25) is 0 Å².